The van der Waals surface area contributed by atoms with Crippen LogP contribution in [0.15, 0.2) is 74.9 Å². The molecule has 0 spiro atoms. The van der Waals surface area contributed by atoms with Crippen molar-refractivity contribution in [1.29, 1.82) is 0 Å². The van der Waals surface area contributed by atoms with E-state index < -0.39 is 14.9 Å². The van der Waals surface area contributed by atoms with Gasteiger partial charge >= 0.3 is 0 Å². The van der Waals surface area contributed by atoms with Gasteiger partial charge in [0.2, 0.25) is 10.0 Å². The lowest BCUT2D eigenvalue weighted by Gasteiger charge is -2.26. The molecule has 0 saturated carbocycles. The van der Waals surface area contributed by atoms with Gasteiger partial charge in [0.15, 0.2) is 5.16 Å². The van der Waals surface area contributed by atoms with Crippen LogP contribution in [0.1, 0.15) is 0 Å². The highest BCUT2D eigenvalue weighted by Gasteiger charge is 2.29. The second-order valence-electron chi connectivity index (χ2n) is 7.12. The zero-order valence-electron chi connectivity index (χ0n) is 17.4. The van der Waals surface area contributed by atoms with E-state index in [1.807, 2.05) is 0 Å². The molecule has 0 aliphatic carbocycles. The monoisotopic (exact) mass is 488 g/mol. The summed E-state index contributed by atoms with van der Waals surface area (Å²) in [6.07, 6.45) is 1.54. The molecule has 1 fully saturated rings. The molecule has 0 N–H and O–H groups in total. The van der Waals surface area contributed by atoms with Gasteiger partial charge in [0, 0.05) is 25.7 Å². The molecule has 10 nitrogen and oxygen atoms in total. The first-order valence-electron chi connectivity index (χ1n) is 9.97. The van der Waals surface area contributed by atoms with Gasteiger partial charge in [-0.1, -0.05) is 18.2 Å². The number of benzene rings is 2. The number of ether oxygens (including phenoxy) is 1. The minimum absolute atomic E-state index is 0.163. The fraction of sp³-hybridized carbons (Fsp3) is 0.238. The molecular weight excluding hydrogens is 468 g/mol. The van der Waals surface area contributed by atoms with Gasteiger partial charge in [0.25, 0.3) is 11.2 Å². The molecule has 0 atom stereocenters. The first-order valence-corrected chi connectivity index (χ1v) is 12.2. The number of nitro benzene ring substituents is 1. The summed E-state index contributed by atoms with van der Waals surface area (Å²) in [6, 6.07) is 10.6. The van der Waals surface area contributed by atoms with Gasteiger partial charge in [-0.05, 0) is 36.0 Å². The molecule has 1 saturated heterocycles. The number of para-hydroxylation sites is 1. The third-order valence-electron chi connectivity index (χ3n) is 5.07. The highest BCUT2D eigenvalue weighted by Crippen LogP contribution is 2.36. The van der Waals surface area contributed by atoms with Gasteiger partial charge in [0.1, 0.15) is 0 Å². The van der Waals surface area contributed by atoms with E-state index in [1.54, 1.807) is 24.3 Å². The number of fused-ring (bicyclic) bond motifs is 1. The van der Waals surface area contributed by atoms with Crippen LogP contribution in [0.25, 0.3) is 10.9 Å². The highest BCUT2D eigenvalue weighted by molar-refractivity contribution is 7.99. The average molecular weight is 489 g/mol. The number of allylic oxidation sites excluding steroid dienone is 1. The zero-order valence-corrected chi connectivity index (χ0v) is 19.0. The first-order chi connectivity index (χ1) is 15.8. The number of hydrogen-bond acceptors (Lipinski definition) is 8. The van der Waals surface area contributed by atoms with Crippen molar-refractivity contribution in [2.75, 3.05) is 26.3 Å². The molecule has 0 radical (unpaired) electrons. The van der Waals surface area contributed by atoms with Gasteiger partial charge < -0.3 is 4.74 Å². The summed E-state index contributed by atoms with van der Waals surface area (Å²) in [4.78, 5) is 28.6. The summed E-state index contributed by atoms with van der Waals surface area (Å²) in [5.41, 5.74) is -0.224. The average Bonchev–Trinajstić information content (AvgIpc) is 2.82. The van der Waals surface area contributed by atoms with Gasteiger partial charge in [-0.15, -0.1) is 6.58 Å². The largest absolute Gasteiger partial charge is 0.379 e. The molecule has 1 aliphatic rings. The third kappa shape index (κ3) is 4.55. The molecule has 1 aromatic heterocycles. The van der Waals surface area contributed by atoms with Crippen LogP contribution in [0.3, 0.4) is 0 Å². The van der Waals surface area contributed by atoms with Crippen molar-refractivity contribution >= 4 is 38.4 Å². The maximum Gasteiger partial charge on any atom is 0.284 e. The molecule has 0 unspecified atom stereocenters. The summed E-state index contributed by atoms with van der Waals surface area (Å²) in [7, 11) is -3.90. The predicted octanol–water partition coefficient (Wildman–Crippen LogP) is 2.66. The number of rotatable bonds is 7. The third-order valence-corrected chi connectivity index (χ3v) is 8.03. The summed E-state index contributed by atoms with van der Waals surface area (Å²) >= 11 is 0.927. The van der Waals surface area contributed by atoms with Crippen LogP contribution in [0.2, 0.25) is 0 Å². The quantitative estimate of drug-likeness (QED) is 0.215. The van der Waals surface area contributed by atoms with E-state index in [-0.39, 0.29) is 59.0 Å². The fourth-order valence-corrected chi connectivity index (χ4v) is 5.85. The Bertz CT molecular complexity index is 1400. The maximum absolute atomic E-state index is 12.9. The van der Waals surface area contributed by atoms with E-state index in [0.29, 0.717) is 10.9 Å². The smallest absolute Gasteiger partial charge is 0.284 e. The van der Waals surface area contributed by atoms with Crippen molar-refractivity contribution in [1.82, 2.24) is 13.9 Å². The molecule has 2 aromatic carbocycles. The Labute approximate surface area is 193 Å². The van der Waals surface area contributed by atoms with Crippen LogP contribution in [0.5, 0.6) is 0 Å². The Hall–Kier alpha value is -3.06. The molecule has 33 heavy (non-hydrogen) atoms. The van der Waals surface area contributed by atoms with Crippen LogP contribution in [-0.2, 0) is 21.3 Å². The van der Waals surface area contributed by atoms with Crippen molar-refractivity contribution in [2.24, 2.45) is 0 Å². The molecule has 4 rings (SSSR count). The van der Waals surface area contributed by atoms with Crippen LogP contribution in [0.4, 0.5) is 5.69 Å². The molecule has 0 bridgehead atoms. The van der Waals surface area contributed by atoms with Gasteiger partial charge in [0.05, 0.1) is 38.8 Å². The maximum atomic E-state index is 12.9. The van der Waals surface area contributed by atoms with E-state index in [1.165, 1.54) is 27.1 Å². The van der Waals surface area contributed by atoms with Crippen LogP contribution in [0, 0.1) is 10.1 Å². The number of aromatic nitrogens is 2. The molecule has 172 valence electrons. The summed E-state index contributed by atoms with van der Waals surface area (Å²) in [5, 5.41) is 12.5. The minimum Gasteiger partial charge on any atom is -0.379 e. The van der Waals surface area contributed by atoms with Crippen molar-refractivity contribution in [2.45, 2.75) is 21.5 Å². The standard InChI is InChI=1S/C21H20N4O6S2/c1-2-9-24-20(26)16-5-3-4-6-17(16)22-21(24)32-19-8-7-15(14-18(19)25(27)28)33(29,30)23-10-12-31-13-11-23/h2-8,14H,1,9-13H2. The van der Waals surface area contributed by atoms with Gasteiger partial charge in [-0.2, -0.15) is 4.31 Å². The zero-order chi connectivity index (χ0) is 23.6. The molecule has 3 aromatic rings. The van der Waals surface area contributed by atoms with E-state index in [9.17, 15) is 23.3 Å². The first kappa shape index (κ1) is 23.1. The number of sulfonamides is 1. The summed E-state index contributed by atoms with van der Waals surface area (Å²) in [6.45, 7) is 4.73. The number of hydrogen-bond donors (Lipinski definition) is 0. The number of morpholine rings is 1. The Morgan fingerprint density at radius 2 is 1.94 bits per heavy atom. The fourth-order valence-electron chi connectivity index (χ4n) is 3.44. The van der Waals surface area contributed by atoms with Gasteiger partial charge in [-0.25, -0.2) is 13.4 Å². The Balaban J connectivity index is 1.78. The van der Waals surface area contributed by atoms with E-state index in [2.05, 4.69) is 11.6 Å². The predicted molar refractivity (Wildman–Crippen MR) is 123 cm³/mol. The van der Waals surface area contributed by atoms with Crippen molar-refractivity contribution < 1.29 is 18.1 Å². The van der Waals surface area contributed by atoms with Crippen molar-refractivity contribution in [3.05, 3.63) is 75.6 Å². The molecule has 12 heteroatoms. The van der Waals surface area contributed by atoms with Crippen LogP contribution >= 0.6 is 11.8 Å². The van der Waals surface area contributed by atoms with E-state index in [4.69, 9.17) is 4.74 Å². The topological polar surface area (TPSA) is 125 Å². The Morgan fingerprint density at radius 1 is 1.21 bits per heavy atom. The molecule has 2 heterocycles. The number of nitro groups is 1. The van der Waals surface area contributed by atoms with Crippen molar-refractivity contribution in [3.63, 3.8) is 0 Å². The second kappa shape index (κ2) is 9.43. The Morgan fingerprint density at radius 3 is 2.64 bits per heavy atom. The van der Waals surface area contributed by atoms with Gasteiger partial charge in [-0.3, -0.25) is 19.5 Å². The SMILES string of the molecule is C=CCn1c(Sc2ccc(S(=O)(=O)N3CCOCC3)cc2[N+](=O)[O-])nc2ccccc2c1=O. The number of nitrogens with zero attached hydrogens (tertiary/aromatic N) is 4. The normalized spacial score (nSPS) is 14.9. The lowest BCUT2D eigenvalue weighted by atomic mass is 10.2. The van der Waals surface area contributed by atoms with Crippen molar-refractivity contribution in [3.8, 4) is 0 Å². The Kier molecular flexibility index (Phi) is 6.61. The van der Waals surface area contributed by atoms with E-state index in [0.717, 1.165) is 17.8 Å². The lowest BCUT2D eigenvalue weighted by molar-refractivity contribution is -0.388. The van der Waals surface area contributed by atoms with Crippen LogP contribution < -0.4 is 5.56 Å². The second-order valence-corrected chi connectivity index (χ2v) is 10.1. The van der Waals surface area contributed by atoms with E-state index >= 15 is 0 Å². The highest BCUT2D eigenvalue weighted by atomic mass is 32.2. The summed E-state index contributed by atoms with van der Waals surface area (Å²) < 4.78 is 33.7. The molecule has 1 aliphatic heterocycles. The lowest BCUT2D eigenvalue weighted by Crippen LogP contribution is -2.40. The summed E-state index contributed by atoms with van der Waals surface area (Å²) in [5.74, 6) is 0. The molecule has 0 amide bonds. The van der Waals surface area contributed by atoms with Crippen LogP contribution in [-0.4, -0.2) is 53.5 Å². The molecular formula is C21H20N4O6S2. The minimum atomic E-state index is -3.90.